The van der Waals surface area contributed by atoms with Crippen molar-refractivity contribution >= 4 is 6.09 Å². The Hall–Kier alpha value is -3.07. The smallest absolute Gasteiger partial charge is 0.409 e. The Labute approximate surface area is 178 Å². The van der Waals surface area contributed by atoms with Crippen LogP contribution in [0.2, 0.25) is 0 Å². The van der Waals surface area contributed by atoms with Gasteiger partial charge in [0.2, 0.25) is 0 Å². The van der Waals surface area contributed by atoms with Crippen molar-refractivity contribution in [3.8, 4) is 11.1 Å². The van der Waals surface area contributed by atoms with E-state index in [0.717, 1.165) is 25.9 Å². The third kappa shape index (κ3) is 3.72. The molecule has 1 aliphatic heterocycles. The van der Waals surface area contributed by atoms with Crippen molar-refractivity contribution in [2.75, 3.05) is 19.7 Å². The highest BCUT2D eigenvalue weighted by molar-refractivity contribution is 5.79. The van der Waals surface area contributed by atoms with Crippen molar-refractivity contribution in [2.24, 2.45) is 5.92 Å². The second-order valence-electron chi connectivity index (χ2n) is 8.45. The van der Waals surface area contributed by atoms with E-state index >= 15 is 0 Å². The van der Waals surface area contributed by atoms with Crippen LogP contribution >= 0.6 is 0 Å². The maximum atomic E-state index is 12.9. The molecule has 0 radical (unpaired) electrons. The standard InChI is InChI=1S/C27H27NO2/c29-27(28-16-8-11-21(18-28)17-20-9-2-1-3-10-20)30-19-26-24-14-6-4-12-22(24)23-13-5-7-15-25(23)26/h1-7,9-10,12-15,21,26H,8,11,16-19H2. The topological polar surface area (TPSA) is 29.5 Å². The predicted molar refractivity (Wildman–Crippen MR) is 120 cm³/mol. The maximum Gasteiger partial charge on any atom is 0.409 e. The first-order valence-electron chi connectivity index (χ1n) is 10.9. The maximum absolute atomic E-state index is 12.9. The molecule has 3 nitrogen and oxygen atoms in total. The van der Waals surface area contributed by atoms with Crippen LogP contribution in [-0.4, -0.2) is 30.7 Å². The molecule has 3 heteroatoms. The molecule has 2 aliphatic rings. The molecule has 1 atom stereocenters. The summed E-state index contributed by atoms with van der Waals surface area (Å²) in [6, 6.07) is 27.5. The first-order valence-corrected chi connectivity index (χ1v) is 10.9. The number of nitrogens with zero attached hydrogens (tertiary/aromatic N) is 1. The summed E-state index contributed by atoms with van der Waals surface area (Å²) in [5.41, 5.74) is 6.38. The van der Waals surface area contributed by atoms with Gasteiger partial charge in [-0.1, -0.05) is 78.9 Å². The number of carbonyl (C=O) groups is 1. The van der Waals surface area contributed by atoms with Gasteiger partial charge in [-0.2, -0.15) is 0 Å². The molecule has 5 rings (SSSR count). The summed E-state index contributed by atoms with van der Waals surface area (Å²) >= 11 is 0. The molecule has 0 saturated carbocycles. The van der Waals surface area contributed by atoms with Crippen LogP contribution in [0.25, 0.3) is 11.1 Å². The van der Waals surface area contributed by atoms with Gasteiger partial charge >= 0.3 is 6.09 Å². The van der Waals surface area contributed by atoms with E-state index in [1.165, 1.54) is 34.2 Å². The summed E-state index contributed by atoms with van der Waals surface area (Å²) in [7, 11) is 0. The molecule has 1 aliphatic carbocycles. The normalized spacial score (nSPS) is 18.0. The molecule has 1 fully saturated rings. The molecule has 0 bridgehead atoms. The lowest BCUT2D eigenvalue weighted by Crippen LogP contribution is -2.41. The van der Waals surface area contributed by atoms with Gasteiger partial charge in [0.25, 0.3) is 0 Å². The van der Waals surface area contributed by atoms with E-state index < -0.39 is 0 Å². The Morgan fingerprint density at radius 3 is 2.20 bits per heavy atom. The molecule has 0 spiro atoms. The molecule has 152 valence electrons. The quantitative estimate of drug-likeness (QED) is 0.549. The van der Waals surface area contributed by atoms with Gasteiger partial charge in [0.05, 0.1) is 0 Å². The highest BCUT2D eigenvalue weighted by atomic mass is 16.6. The van der Waals surface area contributed by atoms with Gasteiger partial charge in [0.15, 0.2) is 0 Å². The van der Waals surface area contributed by atoms with Crippen LogP contribution in [0.5, 0.6) is 0 Å². The number of piperidine rings is 1. The lowest BCUT2D eigenvalue weighted by molar-refractivity contribution is 0.0823. The van der Waals surface area contributed by atoms with Gasteiger partial charge in [0.1, 0.15) is 6.61 Å². The minimum atomic E-state index is -0.172. The van der Waals surface area contributed by atoms with Crippen LogP contribution in [-0.2, 0) is 11.2 Å². The van der Waals surface area contributed by atoms with Crippen LogP contribution in [0.1, 0.15) is 35.4 Å². The lowest BCUT2D eigenvalue weighted by Gasteiger charge is -2.32. The Kier molecular flexibility index (Phi) is 5.27. The molecule has 3 aromatic rings. The minimum absolute atomic E-state index is 0.117. The number of hydrogen-bond donors (Lipinski definition) is 0. The fourth-order valence-corrected chi connectivity index (χ4v) is 5.03. The zero-order chi connectivity index (χ0) is 20.3. The van der Waals surface area contributed by atoms with Crippen LogP contribution in [0.4, 0.5) is 4.79 Å². The molecule has 3 aromatic carbocycles. The van der Waals surface area contributed by atoms with E-state index in [0.29, 0.717) is 12.5 Å². The number of rotatable bonds is 4. The number of fused-ring (bicyclic) bond motifs is 3. The summed E-state index contributed by atoms with van der Waals surface area (Å²) in [5.74, 6) is 0.618. The zero-order valence-electron chi connectivity index (χ0n) is 17.2. The largest absolute Gasteiger partial charge is 0.448 e. The molecule has 1 amide bonds. The summed E-state index contributed by atoms with van der Waals surface area (Å²) in [6.07, 6.45) is 3.06. The first kappa shape index (κ1) is 18.9. The Balaban J connectivity index is 1.24. The fourth-order valence-electron chi connectivity index (χ4n) is 5.03. The van der Waals surface area contributed by atoms with Gasteiger partial charge in [0, 0.05) is 19.0 Å². The SMILES string of the molecule is O=C(OCC1c2ccccc2-c2ccccc21)N1CCCC(Cc2ccccc2)C1. The van der Waals surface area contributed by atoms with E-state index in [1.807, 2.05) is 11.0 Å². The van der Waals surface area contributed by atoms with E-state index in [2.05, 4.69) is 72.8 Å². The number of likely N-dealkylation sites (tertiary alicyclic amines) is 1. The number of carbonyl (C=O) groups excluding carboxylic acids is 1. The second-order valence-corrected chi connectivity index (χ2v) is 8.45. The van der Waals surface area contributed by atoms with Crippen molar-refractivity contribution in [3.63, 3.8) is 0 Å². The summed E-state index contributed by atoms with van der Waals surface area (Å²) in [5, 5.41) is 0. The molecule has 1 unspecified atom stereocenters. The van der Waals surface area contributed by atoms with Crippen LogP contribution in [0.3, 0.4) is 0 Å². The molecule has 30 heavy (non-hydrogen) atoms. The van der Waals surface area contributed by atoms with Crippen LogP contribution in [0.15, 0.2) is 78.9 Å². The highest BCUT2D eigenvalue weighted by Crippen LogP contribution is 2.44. The van der Waals surface area contributed by atoms with E-state index in [-0.39, 0.29) is 12.0 Å². The Morgan fingerprint density at radius 1 is 0.867 bits per heavy atom. The van der Waals surface area contributed by atoms with Gasteiger partial charge < -0.3 is 9.64 Å². The Bertz CT molecular complexity index is 984. The third-order valence-corrected chi connectivity index (χ3v) is 6.48. The van der Waals surface area contributed by atoms with Crippen molar-refractivity contribution in [2.45, 2.75) is 25.2 Å². The number of amides is 1. The first-order chi connectivity index (χ1) is 14.8. The molecule has 0 aromatic heterocycles. The van der Waals surface area contributed by atoms with Gasteiger partial charge in [-0.15, -0.1) is 0 Å². The number of hydrogen-bond acceptors (Lipinski definition) is 2. The summed E-state index contributed by atoms with van der Waals surface area (Å²) < 4.78 is 5.86. The molecule has 1 heterocycles. The minimum Gasteiger partial charge on any atom is -0.448 e. The summed E-state index contributed by atoms with van der Waals surface area (Å²) in [6.45, 7) is 1.97. The monoisotopic (exact) mass is 397 g/mol. The van der Waals surface area contributed by atoms with Gasteiger partial charge in [-0.3, -0.25) is 0 Å². The second kappa shape index (κ2) is 8.35. The summed E-state index contributed by atoms with van der Waals surface area (Å²) in [4.78, 5) is 14.8. The van der Waals surface area contributed by atoms with Crippen molar-refractivity contribution in [3.05, 3.63) is 95.6 Å². The third-order valence-electron chi connectivity index (χ3n) is 6.48. The highest BCUT2D eigenvalue weighted by Gasteiger charge is 2.30. The average Bonchev–Trinajstić information content (AvgIpc) is 3.12. The molecular formula is C27H27NO2. The van der Waals surface area contributed by atoms with Crippen LogP contribution < -0.4 is 0 Å². The zero-order valence-corrected chi connectivity index (χ0v) is 17.2. The lowest BCUT2D eigenvalue weighted by atomic mass is 9.91. The van der Waals surface area contributed by atoms with Crippen molar-refractivity contribution in [1.82, 2.24) is 4.90 Å². The van der Waals surface area contributed by atoms with E-state index in [4.69, 9.17) is 4.74 Å². The van der Waals surface area contributed by atoms with Crippen molar-refractivity contribution in [1.29, 1.82) is 0 Å². The number of benzene rings is 3. The van der Waals surface area contributed by atoms with Gasteiger partial charge in [-0.25, -0.2) is 4.79 Å². The Morgan fingerprint density at radius 2 is 1.50 bits per heavy atom. The molecular weight excluding hydrogens is 370 g/mol. The molecule has 0 N–H and O–H groups in total. The number of ether oxygens (including phenoxy) is 1. The van der Waals surface area contributed by atoms with Crippen molar-refractivity contribution < 1.29 is 9.53 Å². The average molecular weight is 398 g/mol. The van der Waals surface area contributed by atoms with E-state index in [1.54, 1.807) is 0 Å². The predicted octanol–water partition coefficient (Wildman–Crippen LogP) is 5.89. The van der Waals surface area contributed by atoms with Crippen LogP contribution in [0, 0.1) is 5.92 Å². The van der Waals surface area contributed by atoms with E-state index in [9.17, 15) is 4.79 Å². The van der Waals surface area contributed by atoms with Gasteiger partial charge in [-0.05, 0) is 53.0 Å². The molecule has 1 saturated heterocycles. The fraction of sp³-hybridized carbons (Fsp3) is 0.296.